The van der Waals surface area contributed by atoms with Crippen molar-refractivity contribution in [2.75, 3.05) is 5.32 Å². The molecule has 0 unspecified atom stereocenters. The van der Waals surface area contributed by atoms with E-state index in [1.807, 2.05) is 11.4 Å². The average molecular weight is 307 g/mol. The van der Waals surface area contributed by atoms with Gasteiger partial charge in [0, 0.05) is 12.1 Å². The maximum absolute atomic E-state index is 4.71. The molecule has 5 heteroatoms. The van der Waals surface area contributed by atoms with E-state index in [0.29, 0.717) is 5.78 Å². The molecule has 5 nitrogen and oxygen atoms in total. The lowest BCUT2D eigenvalue weighted by Gasteiger charge is -2.20. The first kappa shape index (κ1) is 14.2. The lowest BCUT2D eigenvalue weighted by Crippen LogP contribution is -2.15. The molecule has 0 spiro atoms. The Hall–Kier alpha value is -2.43. The highest BCUT2D eigenvalue weighted by molar-refractivity contribution is 5.54. The van der Waals surface area contributed by atoms with Crippen LogP contribution >= 0.6 is 0 Å². The third-order valence-corrected chi connectivity index (χ3v) is 4.45. The van der Waals surface area contributed by atoms with E-state index in [-0.39, 0.29) is 0 Å². The van der Waals surface area contributed by atoms with Crippen molar-refractivity contribution in [3.8, 4) is 0 Å². The van der Waals surface area contributed by atoms with E-state index in [2.05, 4.69) is 46.6 Å². The van der Waals surface area contributed by atoms with E-state index in [1.54, 1.807) is 0 Å². The Bertz CT molecular complexity index is 848. The summed E-state index contributed by atoms with van der Waals surface area (Å²) in [6.07, 6.45) is 4.53. The number of fused-ring (bicyclic) bond motifs is 2. The van der Waals surface area contributed by atoms with Gasteiger partial charge in [-0.2, -0.15) is 9.50 Å². The first-order valence-corrected chi connectivity index (χ1v) is 8.25. The Morgan fingerprint density at radius 3 is 2.65 bits per heavy atom. The molecule has 0 saturated carbocycles. The molecule has 0 saturated heterocycles. The minimum atomic E-state index is 0.703. The predicted molar refractivity (Wildman–Crippen MR) is 90.7 cm³/mol. The van der Waals surface area contributed by atoms with Crippen molar-refractivity contribution in [3.63, 3.8) is 0 Å². The average Bonchev–Trinajstić information content (AvgIpc) is 2.93. The topological polar surface area (TPSA) is 55.1 Å². The van der Waals surface area contributed by atoms with Gasteiger partial charge in [0.2, 0.25) is 0 Å². The summed E-state index contributed by atoms with van der Waals surface area (Å²) in [4.78, 5) is 9.16. The highest BCUT2D eigenvalue weighted by atomic mass is 15.4. The molecule has 2 aromatic heterocycles. The van der Waals surface area contributed by atoms with Gasteiger partial charge in [-0.3, -0.25) is 0 Å². The normalized spacial score (nSPS) is 14.0. The molecule has 23 heavy (non-hydrogen) atoms. The van der Waals surface area contributed by atoms with Crippen molar-refractivity contribution in [2.24, 2.45) is 0 Å². The number of hydrogen-bond donors (Lipinski definition) is 1. The first-order valence-electron chi connectivity index (χ1n) is 8.25. The predicted octanol–water partition coefficient (Wildman–Crippen LogP) is 3.23. The van der Waals surface area contributed by atoms with Crippen LogP contribution < -0.4 is 5.32 Å². The number of rotatable bonds is 3. The zero-order valence-corrected chi connectivity index (χ0v) is 13.6. The fourth-order valence-electron chi connectivity index (χ4n) is 3.22. The summed E-state index contributed by atoms with van der Waals surface area (Å²) in [5, 5.41) is 8.11. The zero-order valence-electron chi connectivity index (χ0n) is 13.6. The van der Waals surface area contributed by atoms with Crippen molar-refractivity contribution in [2.45, 2.75) is 46.1 Å². The number of anilines is 1. The fraction of sp³-hybridized carbons (Fsp3) is 0.389. The largest absolute Gasteiger partial charge is 0.366 e. The standard InChI is InChI=1S/C18H21N5/c1-12-7-9-14(10-8-12)11-19-17-15-5-3-4-6-16(15)21-18-20-13(2)22-23(17)18/h7-10,19H,3-6,11H2,1-2H3. The molecule has 2 heterocycles. The highest BCUT2D eigenvalue weighted by Gasteiger charge is 2.20. The number of nitrogens with one attached hydrogen (secondary N) is 1. The van der Waals surface area contributed by atoms with Crippen LogP contribution in [-0.4, -0.2) is 19.6 Å². The molecule has 4 rings (SSSR count). The van der Waals surface area contributed by atoms with E-state index in [1.165, 1.54) is 35.2 Å². The molecular weight excluding hydrogens is 286 g/mol. The van der Waals surface area contributed by atoms with Gasteiger partial charge < -0.3 is 5.32 Å². The molecule has 118 valence electrons. The van der Waals surface area contributed by atoms with Crippen LogP contribution in [0.1, 0.15) is 41.1 Å². The number of hydrogen-bond acceptors (Lipinski definition) is 4. The van der Waals surface area contributed by atoms with Crippen LogP contribution in [-0.2, 0) is 19.4 Å². The molecule has 0 aliphatic heterocycles. The molecule has 1 N–H and O–H groups in total. The van der Waals surface area contributed by atoms with Gasteiger partial charge >= 0.3 is 0 Å². The molecule has 1 aliphatic rings. The second-order valence-electron chi connectivity index (χ2n) is 6.30. The molecule has 3 aromatic rings. The van der Waals surface area contributed by atoms with Crippen LogP contribution in [0.5, 0.6) is 0 Å². The smallest absolute Gasteiger partial charge is 0.254 e. The van der Waals surface area contributed by atoms with Gasteiger partial charge in [0.05, 0.1) is 5.69 Å². The Kier molecular flexibility index (Phi) is 3.48. The Morgan fingerprint density at radius 1 is 1.04 bits per heavy atom. The first-order chi connectivity index (χ1) is 11.2. The van der Waals surface area contributed by atoms with Gasteiger partial charge in [-0.1, -0.05) is 29.8 Å². The van der Waals surface area contributed by atoms with E-state index in [9.17, 15) is 0 Å². The maximum Gasteiger partial charge on any atom is 0.254 e. The molecule has 0 atom stereocenters. The Morgan fingerprint density at radius 2 is 1.83 bits per heavy atom. The third kappa shape index (κ3) is 2.67. The quantitative estimate of drug-likeness (QED) is 0.807. The molecular formula is C18H21N5. The number of nitrogens with zero attached hydrogens (tertiary/aromatic N) is 4. The van der Waals surface area contributed by atoms with Crippen molar-refractivity contribution < 1.29 is 0 Å². The van der Waals surface area contributed by atoms with Crippen molar-refractivity contribution >= 4 is 11.6 Å². The van der Waals surface area contributed by atoms with Crippen molar-refractivity contribution in [3.05, 3.63) is 52.5 Å². The van der Waals surface area contributed by atoms with Crippen LogP contribution in [0.3, 0.4) is 0 Å². The number of aromatic nitrogens is 4. The molecule has 0 radical (unpaired) electrons. The van der Waals surface area contributed by atoms with Gasteiger partial charge in [-0.05, 0) is 45.1 Å². The van der Waals surface area contributed by atoms with Crippen molar-refractivity contribution in [1.82, 2.24) is 19.6 Å². The SMILES string of the molecule is Cc1ccc(CNc2c3c(nc4nc(C)nn24)CCCC3)cc1. The summed E-state index contributed by atoms with van der Waals surface area (Å²) in [7, 11) is 0. The number of benzene rings is 1. The minimum Gasteiger partial charge on any atom is -0.366 e. The number of aryl methyl sites for hydroxylation is 3. The summed E-state index contributed by atoms with van der Waals surface area (Å²) in [6, 6.07) is 8.63. The third-order valence-electron chi connectivity index (χ3n) is 4.45. The molecule has 1 aliphatic carbocycles. The van der Waals surface area contributed by atoms with Gasteiger partial charge in [0.25, 0.3) is 5.78 Å². The minimum absolute atomic E-state index is 0.703. The van der Waals surface area contributed by atoms with E-state index in [0.717, 1.165) is 31.0 Å². The zero-order chi connectivity index (χ0) is 15.8. The molecule has 1 aromatic carbocycles. The molecule has 0 bridgehead atoms. The van der Waals surface area contributed by atoms with E-state index >= 15 is 0 Å². The lowest BCUT2D eigenvalue weighted by atomic mass is 9.96. The van der Waals surface area contributed by atoms with Gasteiger partial charge in [-0.15, -0.1) is 5.10 Å². The summed E-state index contributed by atoms with van der Waals surface area (Å²) in [6.45, 7) is 4.81. The van der Waals surface area contributed by atoms with Crippen LogP contribution in [0.4, 0.5) is 5.82 Å². The van der Waals surface area contributed by atoms with Crippen molar-refractivity contribution in [1.29, 1.82) is 0 Å². The van der Waals surface area contributed by atoms with Crippen LogP contribution in [0.2, 0.25) is 0 Å². The summed E-state index contributed by atoms with van der Waals surface area (Å²) in [5.74, 6) is 2.53. The molecule has 0 fully saturated rings. The highest BCUT2D eigenvalue weighted by Crippen LogP contribution is 2.27. The lowest BCUT2D eigenvalue weighted by molar-refractivity contribution is 0.660. The summed E-state index contributed by atoms with van der Waals surface area (Å²) < 4.78 is 1.87. The second-order valence-corrected chi connectivity index (χ2v) is 6.30. The Labute approximate surface area is 135 Å². The van der Waals surface area contributed by atoms with Crippen LogP contribution in [0.25, 0.3) is 5.78 Å². The molecule has 0 amide bonds. The van der Waals surface area contributed by atoms with E-state index in [4.69, 9.17) is 4.98 Å². The monoisotopic (exact) mass is 307 g/mol. The van der Waals surface area contributed by atoms with E-state index < -0.39 is 0 Å². The fourth-order valence-corrected chi connectivity index (χ4v) is 3.22. The second kappa shape index (κ2) is 5.65. The van der Waals surface area contributed by atoms with Crippen LogP contribution in [0, 0.1) is 13.8 Å². The van der Waals surface area contributed by atoms with Gasteiger partial charge in [0.15, 0.2) is 0 Å². The van der Waals surface area contributed by atoms with Crippen LogP contribution in [0.15, 0.2) is 24.3 Å². The van der Waals surface area contributed by atoms with Gasteiger partial charge in [-0.25, -0.2) is 4.98 Å². The Balaban J connectivity index is 1.73. The summed E-state index contributed by atoms with van der Waals surface area (Å²) in [5.41, 5.74) is 5.04. The maximum atomic E-state index is 4.71. The summed E-state index contributed by atoms with van der Waals surface area (Å²) >= 11 is 0. The van der Waals surface area contributed by atoms with Gasteiger partial charge in [0.1, 0.15) is 11.6 Å².